The Morgan fingerprint density at radius 1 is 1.09 bits per heavy atom. The maximum absolute atomic E-state index is 12.9. The number of benzene rings is 2. The molecule has 0 spiro atoms. The SMILES string of the molecule is COc1ccc(OC)c(N(C(C)=O)c2onc(-c3cccc(Br)c3)c2-c2ccncn2)c1. The number of hydrogen-bond acceptors (Lipinski definition) is 7. The minimum atomic E-state index is -0.302. The van der Waals surface area contributed by atoms with Crippen molar-refractivity contribution in [3.63, 3.8) is 0 Å². The zero-order valence-corrected chi connectivity index (χ0v) is 19.2. The molecule has 2 aromatic heterocycles. The van der Waals surface area contributed by atoms with Gasteiger partial charge < -0.3 is 14.0 Å². The highest BCUT2D eigenvalue weighted by Gasteiger charge is 2.30. The first-order valence-electron chi connectivity index (χ1n) is 9.58. The van der Waals surface area contributed by atoms with Crippen molar-refractivity contribution in [2.24, 2.45) is 0 Å². The first kappa shape index (κ1) is 21.5. The molecule has 0 radical (unpaired) electrons. The van der Waals surface area contributed by atoms with Crippen LogP contribution in [0.3, 0.4) is 0 Å². The van der Waals surface area contributed by atoms with Gasteiger partial charge in [-0.1, -0.05) is 33.2 Å². The summed E-state index contributed by atoms with van der Waals surface area (Å²) in [5.74, 6) is 0.930. The third-order valence-electron chi connectivity index (χ3n) is 4.76. The maximum Gasteiger partial charge on any atom is 0.248 e. The van der Waals surface area contributed by atoms with E-state index in [9.17, 15) is 4.79 Å². The van der Waals surface area contributed by atoms with Crippen molar-refractivity contribution >= 4 is 33.4 Å². The van der Waals surface area contributed by atoms with Gasteiger partial charge in [-0.2, -0.15) is 0 Å². The average Bonchev–Trinajstić information content (AvgIpc) is 3.24. The summed E-state index contributed by atoms with van der Waals surface area (Å²) in [5.41, 5.74) is 2.88. The Hall–Kier alpha value is -3.72. The Morgan fingerprint density at radius 2 is 1.94 bits per heavy atom. The lowest BCUT2D eigenvalue weighted by molar-refractivity contribution is -0.116. The number of halogens is 1. The van der Waals surface area contributed by atoms with Crippen molar-refractivity contribution in [2.45, 2.75) is 6.92 Å². The van der Waals surface area contributed by atoms with Crippen LogP contribution < -0.4 is 14.4 Å². The molecule has 0 atom stereocenters. The Bertz CT molecular complexity index is 1260. The standard InChI is InChI=1S/C23H19BrN4O4/c1-14(29)28(19-12-17(30-2)7-8-20(19)31-3)23-21(18-9-10-25-13-26-18)22(27-32-23)15-5-4-6-16(24)11-15/h4-13H,1-3H3. The van der Waals surface area contributed by atoms with Crippen LogP contribution in [0.4, 0.5) is 11.6 Å². The third kappa shape index (κ3) is 4.06. The van der Waals surface area contributed by atoms with Crippen LogP contribution in [-0.4, -0.2) is 35.3 Å². The van der Waals surface area contributed by atoms with Gasteiger partial charge in [-0.25, -0.2) is 14.9 Å². The fourth-order valence-electron chi connectivity index (χ4n) is 3.33. The van der Waals surface area contributed by atoms with E-state index in [2.05, 4.69) is 31.1 Å². The van der Waals surface area contributed by atoms with E-state index < -0.39 is 0 Å². The first-order chi connectivity index (χ1) is 15.5. The zero-order chi connectivity index (χ0) is 22.7. The lowest BCUT2D eigenvalue weighted by atomic mass is 10.0. The van der Waals surface area contributed by atoms with E-state index in [1.54, 1.807) is 37.6 Å². The number of amides is 1. The molecular formula is C23H19BrN4O4. The molecule has 0 bridgehead atoms. The summed E-state index contributed by atoms with van der Waals surface area (Å²) in [7, 11) is 3.08. The maximum atomic E-state index is 12.9. The first-order valence-corrected chi connectivity index (χ1v) is 10.4. The van der Waals surface area contributed by atoms with Crippen LogP contribution >= 0.6 is 15.9 Å². The van der Waals surface area contributed by atoms with Crippen LogP contribution in [0.1, 0.15) is 6.92 Å². The molecule has 2 heterocycles. The number of anilines is 2. The normalized spacial score (nSPS) is 10.6. The van der Waals surface area contributed by atoms with Gasteiger partial charge in [-0.15, -0.1) is 0 Å². The number of carbonyl (C=O) groups is 1. The quantitative estimate of drug-likeness (QED) is 0.360. The average molecular weight is 495 g/mol. The van der Waals surface area contributed by atoms with E-state index in [1.165, 1.54) is 25.3 Å². The number of nitrogens with zero attached hydrogens (tertiary/aromatic N) is 4. The van der Waals surface area contributed by atoms with Gasteiger partial charge in [0.05, 0.1) is 31.2 Å². The van der Waals surface area contributed by atoms with Crippen LogP contribution in [-0.2, 0) is 4.79 Å². The van der Waals surface area contributed by atoms with Crippen molar-refractivity contribution in [2.75, 3.05) is 19.1 Å². The van der Waals surface area contributed by atoms with Gasteiger partial charge in [0.25, 0.3) is 0 Å². The number of carbonyl (C=O) groups excluding carboxylic acids is 1. The Morgan fingerprint density at radius 3 is 2.59 bits per heavy atom. The van der Waals surface area contributed by atoms with Gasteiger partial charge in [-0.3, -0.25) is 4.79 Å². The molecule has 0 saturated heterocycles. The molecule has 1 amide bonds. The van der Waals surface area contributed by atoms with Crippen molar-refractivity contribution in [1.82, 2.24) is 15.1 Å². The van der Waals surface area contributed by atoms with Crippen LogP contribution in [0, 0.1) is 0 Å². The minimum Gasteiger partial charge on any atom is -0.497 e. The second-order valence-corrected chi connectivity index (χ2v) is 7.62. The van der Waals surface area contributed by atoms with Crippen molar-refractivity contribution in [1.29, 1.82) is 0 Å². The molecular weight excluding hydrogens is 476 g/mol. The van der Waals surface area contributed by atoms with E-state index >= 15 is 0 Å². The fourth-order valence-corrected chi connectivity index (χ4v) is 3.73. The summed E-state index contributed by atoms with van der Waals surface area (Å²) in [5, 5.41) is 4.31. The van der Waals surface area contributed by atoms with Gasteiger partial charge in [0.15, 0.2) is 0 Å². The summed E-state index contributed by atoms with van der Waals surface area (Å²) in [6.07, 6.45) is 3.05. The molecule has 0 aliphatic rings. The van der Waals surface area contributed by atoms with Gasteiger partial charge in [-0.05, 0) is 30.3 Å². The summed E-state index contributed by atoms with van der Waals surface area (Å²) in [6.45, 7) is 1.43. The lowest BCUT2D eigenvalue weighted by Crippen LogP contribution is -2.23. The van der Waals surface area contributed by atoms with E-state index in [0.717, 1.165) is 10.0 Å². The topological polar surface area (TPSA) is 90.6 Å². The highest BCUT2D eigenvalue weighted by atomic mass is 79.9. The van der Waals surface area contributed by atoms with Crippen molar-refractivity contribution in [3.8, 4) is 34.0 Å². The third-order valence-corrected chi connectivity index (χ3v) is 5.25. The monoisotopic (exact) mass is 494 g/mol. The molecule has 162 valence electrons. The highest BCUT2D eigenvalue weighted by molar-refractivity contribution is 9.10. The second kappa shape index (κ2) is 9.19. The molecule has 9 heteroatoms. The number of aromatic nitrogens is 3. The molecule has 0 aliphatic heterocycles. The van der Waals surface area contributed by atoms with Crippen LogP contribution in [0.2, 0.25) is 0 Å². The van der Waals surface area contributed by atoms with E-state index in [-0.39, 0.29) is 11.8 Å². The Kier molecular flexibility index (Phi) is 6.18. The number of hydrogen-bond donors (Lipinski definition) is 0. The lowest BCUT2D eigenvalue weighted by Gasteiger charge is -2.22. The van der Waals surface area contributed by atoms with E-state index in [0.29, 0.717) is 34.1 Å². The molecule has 0 unspecified atom stereocenters. The van der Waals surface area contributed by atoms with Gasteiger partial charge in [0, 0.05) is 29.2 Å². The molecule has 2 aromatic carbocycles. The number of ether oxygens (including phenoxy) is 2. The predicted molar refractivity (Wildman–Crippen MR) is 123 cm³/mol. The van der Waals surface area contributed by atoms with Crippen LogP contribution in [0.25, 0.3) is 22.5 Å². The number of rotatable bonds is 6. The molecule has 32 heavy (non-hydrogen) atoms. The van der Waals surface area contributed by atoms with Gasteiger partial charge in [0.1, 0.15) is 23.5 Å². The fraction of sp³-hybridized carbons (Fsp3) is 0.130. The van der Waals surface area contributed by atoms with Crippen LogP contribution in [0.15, 0.2) is 70.1 Å². The predicted octanol–water partition coefficient (Wildman–Crippen LogP) is 5.26. The smallest absolute Gasteiger partial charge is 0.248 e. The molecule has 0 saturated carbocycles. The molecule has 0 fully saturated rings. The summed E-state index contributed by atoms with van der Waals surface area (Å²) >= 11 is 3.49. The minimum absolute atomic E-state index is 0.206. The summed E-state index contributed by atoms with van der Waals surface area (Å²) in [6, 6.07) is 14.5. The zero-order valence-electron chi connectivity index (χ0n) is 17.6. The molecule has 4 rings (SSSR count). The van der Waals surface area contributed by atoms with E-state index in [1.807, 2.05) is 24.3 Å². The molecule has 0 aliphatic carbocycles. The summed E-state index contributed by atoms with van der Waals surface area (Å²) in [4.78, 5) is 22.7. The second-order valence-electron chi connectivity index (χ2n) is 6.71. The van der Waals surface area contributed by atoms with E-state index in [4.69, 9.17) is 14.0 Å². The number of methoxy groups -OCH3 is 2. The van der Waals surface area contributed by atoms with Crippen molar-refractivity contribution < 1.29 is 18.8 Å². The summed E-state index contributed by atoms with van der Waals surface area (Å²) < 4.78 is 17.5. The van der Waals surface area contributed by atoms with Crippen molar-refractivity contribution in [3.05, 3.63) is 65.5 Å². The van der Waals surface area contributed by atoms with Crippen LogP contribution in [0.5, 0.6) is 11.5 Å². The van der Waals surface area contributed by atoms with Gasteiger partial charge >= 0.3 is 0 Å². The largest absolute Gasteiger partial charge is 0.497 e. The molecule has 0 N–H and O–H groups in total. The Balaban J connectivity index is 1.99. The molecule has 4 aromatic rings. The Labute approximate surface area is 192 Å². The highest BCUT2D eigenvalue weighted by Crippen LogP contribution is 2.44. The molecule has 8 nitrogen and oxygen atoms in total. The van der Waals surface area contributed by atoms with Gasteiger partial charge in [0.2, 0.25) is 11.8 Å².